The van der Waals surface area contributed by atoms with Gasteiger partial charge in [-0.1, -0.05) is 0 Å². The van der Waals surface area contributed by atoms with Gasteiger partial charge < -0.3 is 20.2 Å². The number of nitrogens with one attached hydrogen (secondary N) is 1. The molecule has 0 rings (SSSR count). The second-order valence-electron chi connectivity index (χ2n) is 5.10. The van der Waals surface area contributed by atoms with E-state index in [4.69, 9.17) is 5.11 Å². The molecule has 0 fully saturated rings. The van der Waals surface area contributed by atoms with Gasteiger partial charge in [-0.2, -0.15) is 0 Å². The van der Waals surface area contributed by atoms with Crippen LogP contribution in [0, 0.1) is 5.92 Å². The van der Waals surface area contributed by atoms with Crippen molar-refractivity contribution < 1.29 is 14.7 Å². The first-order chi connectivity index (χ1) is 8.79. The summed E-state index contributed by atoms with van der Waals surface area (Å²) in [6.45, 7) is 7.44. The maximum Gasteiger partial charge on any atom is 0.317 e. The lowest BCUT2D eigenvalue weighted by Gasteiger charge is -2.26. The second kappa shape index (κ2) is 8.74. The molecule has 0 aromatic rings. The number of carboxylic acid groups (broad SMARTS) is 1. The number of aliphatic carboxylic acids is 1. The first kappa shape index (κ1) is 17.7. The average Bonchev–Trinajstić information content (AvgIpc) is 2.32. The van der Waals surface area contributed by atoms with Crippen molar-refractivity contribution in [3.63, 3.8) is 0 Å². The Morgan fingerprint density at radius 2 is 1.79 bits per heavy atom. The van der Waals surface area contributed by atoms with Gasteiger partial charge in [0.25, 0.3) is 0 Å². The van der Waals surface area contributed by atoms with E-state index in [9.17, 15) is 9.59 Å². The minimum atomic E-state index is -0.900. The lowest BCUT2D eigenvalue weighted by molar-refractivity contribution is -0.141. The summed E-state index contributed by atoms with van der Waals surface area (Å²) in [6, 6.07) is -0.574. The van der Waals surface area contributed by atoms with Crippen molar-refractivity contribution in [2.75, 3.05) is 33.7 Å². The second-order valence-corrected chi connectivity index (χ2v) is 5.10. The monoisotopic (exact) mass is 273 g/mol. The van der Waals surface area contributed by atoms with Crippen molar-refractivity contribution in [2.45, 2.75) is 33.2 Å². The van der Waals surface area contributed by atoms with Gasteiger partial charge in [0.05, 0.1) is 5.92 Å². The zero-order valence-corrected chi connectivity index (χ0v) is 12.6. The molecule has 0 saturated carbocycles. The zero-order valence-electron chi connectivity index (χ0n) is 12.6. The molecule has 2 unspecified atom stereocenters. The number of carbonyl (C=O) groups is 2. The van der Waals surface area contributed by atoms with Gasteiger partial charge in [-0.15, -0.1) is 0 Å². The van der Waals surface area contributed by atoms with E-state index >= 15 is 0 Å². The van der Waals surface area contributed by atoms with Gasteiger partial charge in [-0.05, 0) is 47.8 Å². The molecule has 0 aliphatic carbocycles. The molecule has 0 radical (unpaired) electrons. The molecule has 19 heavy (non-hydrogen) atoms. The fourth-order valence-electron chi connectivity index (χ4n) is 1.61. The van der Waals surface area contributed by atoms with E-state index in [-0.39, 0.29) is 12.1 Å². The van der Waals surface area contributed by atoms with Gasteiger partial charge in [-0.25, -0.2) is 4.79 Å². The molecule has 0 aromatic heterocycles. The topological polar surface area (TPSA) is 72.9 Å². The molecule has 6 heteroatoms. The SMILES string of the molecule is CCN(CCCN(C)C)C(=O)NC(C)C(C)C(=O)O. The lowest BCUT2D eigenvalue weighted by atomic mass is 10.0. The third-order valence-electron chi connectivity index (χ3n) is 3.19. The van der Waals surface area contributed by atoms with E-state index in [2.05, 4.69) is 10.2 Å². The quantitative estimate of drug-likeness (QED) is 0.694. The van der Waals surface area contributed by atoms with Crippen molar-refractivity contribution in [3.8, 4) is 0 Å². The minimum Gasteiger partial charge on any atom is -0.481 e. The van der Waals surface area contributed by atoms with E-state index in [1.165, 1.54) is 0 Å². The van der Waals surface area contributed by atoms with Crippen LogP contribution in [0.15, 0.2) is 0 Å². The number of hydrogen-bond donors (Lipinski definition) is 2. The van der Waals surface area contributed by atoms with Crippen molar-refractivity contribution >= 4 is 12.0 Å². The Balaban J connectivity index is 4.24. The molecule has 0 spiro atoms. The summed E-state index contributed by atoms with van der Waals surface area (Å²) in [6.07, 6.45) is 0.900. The molecular formula is C13H27N3O3. The van der Waals surface area contributed by atoms with Crippen molar-refractivity contribution in [3.05, 3.63) is 0 Å². The predicted molar refractivity (Wildman–Crippen MR) is 75.2 cm³/mol. The number of carboxylic acids is 1. The van der Waals surface area contributed by atoms with Crippen LogP contribution < -0.4 is 5.32 Å². The third kappa shape index (κ3) is 7.00. The van der Waals surface area contributed by atoms with Gasteiger partial charge in [-0.3, -0.25) is 4.79 Å². The van der Waals surface area contributed by atoms with Crippen LogP contribution in [0.25, 0.3) is 0 Å². The largest absolute Gasteiger partial charge is 0.481 e. The number of carbonyl (C=O) groups excluding carboxylic acids is 1. The predicted octanol–water partition coefficient (Wildman–Crippen LogP) is 1.08. The highest BCUT2D eigenvalue weighted by atomic mass is 16.4. The maximum absolute atomic E-state index is 12.0. The van der Waals surface area contributed by atoms with Crippen LogP contribution >= 0.6 is 0 Å². The molecule has 6 nitrogen and oxygen atoms in total. The lowest BCUT2D eigenvalue weighted by Crippen LogP contribution is -2.47. The number of amides is 2. The molecular weight excluding hydrogens is 246 g/mol. The zero-order chi connectivity index (χ0) is 15.0. The Morgan fingerprint density at radius 3 is 2.21 bits per heavy atom. The van der Waals surface area contributed by atoms with Crippen LogP contribution in [-0.4, -0.2) is 66.7 Å². The van der Waals surface area contributed by atoms with Crippen molar-refractivity contribution in [1.82, 2.24) is 15.1 Å². The molecule has 112 valence electrons. The summed E-state index contributed by atoms with van der Waals surface area (Å²) in [4.78, 5) is 26.6. The molecule has 0 heterocycles. The summed E-state index contributed by atoms with van der Waals surface area (Å²) in [5.41, 5.74) is 0. The van der Waals surface area contributed by atoms with Gasteiger partial charge >= 0.3 is 12.0 Å². The normalized spacial score (nSPS) is 14.0. The Bertz CT molecular complexity index is 295. The van der Waals surface area contributed by atoms with Crippen molar-refractivity contribution in [1.29, 1.82) is 0 Å². The summed E-state index contributed by atoms with van der Waals surface area (Å²) in [5, 5.41) is 11.6. The molecule has 0 aromatic carbocycles. The van der Waals surface area contributed by atoms with Crippen LogP contribution in [-0.2, 0) is 4.79 Å². The molecule has 0 aliphatic heterocycles. The van der Waals surface area contributed by atoms with E-state index in [0.29, 0.717) is 13.1 Å². The van der Waals surface area contributed by atoms with E-state index in [0.717, 1.165) is 13.0 Å². The van der Waals surface area contributed by atoms with Gasteiger partial charge in [0.2, 0.25) is 0 Å². The van der Waals surface area contributed by atoms with Crippen molar-refractivity contribution in [2.24, 2.45) is 5.92 Å². The minimum absolute atomic E-state index is 0.193. The standard InChI is InChI=1S/C13H27N3O3/c1-6-16(9-7-8-15(4)5)13(19)14-11(3)10(2)12(17)18/h10-11H,6-9H2,1-5H3,(H,14,19)(H,17,18). The molecule has 2 amide bonds. The third-order valence-corrected chi connectivity index (χ3v) is 3.19. The summed E-state index contributed by atoms with van der Waals surface area (Å²) >= 11 is 0. The van der Waals surface area contributed by atoms with Crippen LogP contribution in [0.5, 0.6) is 0 Å². The fourth-order valence-corrected chi connectivity index (χ4v) is 1.61. The number of urea groups is 1. The number of nitrogens with zero attached hydrogens (tertiary/aromatic N) is 2. The average molecular weight is 273 g/mol. The number of hydrogen-bond acceptors (Lipinski definition) is 3. The smallest absolute Gasteiger partial charge is 0.317 e. The van der Waals surface area contributed by atoms with E-state index in [1.807, 2.05) is 21.0 Å². The Hall–Kier alpha value is -1.30. The Labute approximate surface area is 115 Å². The highest BCUT2D eigenvalue weighted by molar-refractivity contribution is 5.76. The molecule has 2 N–H and O–H groups in total. The first-order valence-electron chi connectivity index (χ1n) is 6.72. The van der Waals surface area contributed by atoms with Gasteiger partial charge in [0.1, 0.15) is 0 Å². The summed E-state index contributed by atoms with van der Waals surface area (Å²) in [7, 11) is 3.99. The first-order valence-corrected chi connectivity index (χ1v) is 6.72. The summed E-state index contributed by atoms with van der Waals surface area (Å²) < 4.78 is 0. The fraction of sp³-hybridized carbons (Fsp3) is 0.846. The molecule has 0 bridgehead atoms. The van der Waals surface area contributed by atoms with E-state index < -0.39 is 11.9 Å². The highest BCUT2D eigenvalue weighted by Crippen LogP contribution is 2.04. The van der Waals surface area contributed by atoms with Crippen LogP contribution in [0.4, 0.5) is 4.79 Å². The van der Waals surface area contributed by atoms with E-state index in [1.54, 1.807) is 18.7 Å². The molecule has 2 atom stereocenters. The highest BCUT2D eigenvalue weighted by Gasteiger charge is 2.22. The van der Waals surface area contributed by atoms with Crippen LogP contribution in [0.1, 0.15) is 27.2 Å². The van der Waals surface area contributed by atoms with Gasteiger partial charge in [0, 0.05) is 19.1 Å². The Morgan fingerprint density at radius 1 is 1.21 bits per heavy atom. The van der Waals surface area contributed by atoms with Gasteiger partial charge in [0.15, 0.2) is 0 Å². The maximum atomic E-state index is 12.0. The van der Waals surface area contributed by atoms with Crippen LogP contribution in [0.2, 0.25) is 0 Å². The molecule has 0 saturated heterocycles. The Kier molecular flexibility index (Phi) is 8.14. The number of rotatable bonds is 8. The molecule has 0 aliphatic rings. The summed E-state index contributed by atoms with van der Waals surface area (Å²) in [5.74, 6) is -1.49. The van der Waals surface area contributed by atoms with Crippen LogP contribution in [0.3, 0.4) is 0 Å².